The van der Waals surface area contributed by atoms with Gasteiger partial charge in [0.1, 0.15) is 0 Å². The van der Waals surface area contributed by atoms with Crippen LogP contribution in [0.2, 0.25) is 0 Å². The molecule has 0 saturated heterocycles. The Hall–Kier alpha value is 0.110. The van der Waals surface area contributed by atoms with Gasteiger partial charge in [0.15, 0.2) is 0 Å². The van der Waals surface area contributed by atoms with Crippen LogP contribution in [0.15, 0.2) is 0 Å². The Balaban J connectivity index is 1.65. The highest BCUT2D eigenvalue weighted by atomic mass is 31.2. The molecule has 134 valence electrons. The first-order chi connectivity index (χ1) is 11.1. The molecule has 0 aromatic carbocycles. The zero-order valence-corrected chi connectivity index (χ0v) is 15.8. The smallest absolute Gasteiger partial charge is 0.297 e. The van der Waals surface area contributed by atoms with Gasteiger partial charge in [-0.1, -0.05) is 26.7 Å². The second kappa shape index (κ2) is 7.56. The molecule has 4 saturated carbocycles. The van der Waals surface area contributed by atoms with Gasteiger partial charge in [-0.2, -0.15) is 0 Å². The summed E-state index contributed by atoms with van der Waals surface area (Å²) in [6.45, 7) is 5.30. The Morgan fingerprint density at radius 3 is 1.74 bits per heavy atom. The fraction of sp³-hybridized carbons (Fsp3) is 1.00. The maximum atomic E-state index is 13.3. The quantitative estimate of drug-likeness (QED) is 0.433. The topological polar surface area (TPSA) is 47.6 Å². The van der Waals surface area contributed by atoms with Gasteiger partial charge in [0, 0.05) is 5.54 Å². The second-order valence-corrected chi connectivity index (χ2v) is 9.92. The summed E-state index contributed by atoms with van der Waals surface area (Å²) < 4.78 is 24.8. The lowest BCUT2D eigenvalue weighted by molar-refractivity contribution is -0.0135. The third kappa shape index (κ3) is 4.39. The van der Waals surface area contributed by atoms with Gasteiger partial charge >= 0.3 is 7.75 Å². The van der Waals surface area contributed by atoms with E-state index < -0.39 is 7.75 Å². The van der Waals surface area contributed by atoms with E-state index >= 15 is 0 Å². The van der Waals surface area contributed by atoms with E-state index in [2.05, 4.69) is 18.9 Å². The molecule has 0 aliphatic heterocycles. The van der Waals surface area contributed by atoms with Crippen LogP contribution in [0.3, 0.4) is 0 Å². The molecule has 4 bridgehead atoms. The predicted molar refractivity (Wildman–Crippen MR) is 93.4 cm³/mol. The monoisotopic (exact) mass is 343 g/mol. The first-order valence-electron chi connectivity index (χ1n) is 9.75. The maximum absolute atomic E-state index is 13.3. The maximum Gasteiger partial charge on any atom is 0.405 e. The minimum Gasteiger partial charge on any atom is -0.297 e. The molecule has 4 fully saturated rings. The van der Waals surface area contributed by atoms with E-state index in [9.17, 15) is 4.57 Å². The summed E-state index contributed by atoms with van der Waals surface area (Å²) in [4.78, 5) is 0. The Bertz CT molecular complexity index is 391. The second-order valence-electron chi connectivity index (χ2n) is 8.18. The molecule has 0 atom stereocenters. The zero-order chi connectivity index (χ0) is 16.3. The van der Waals surface area contributed by atoms with Crippen molar-refractivity contribution in [1.29, 1.82) is 0 Å². The molecule has 4 rings (SSSR count). The fourth-order valence-electron chi connectivity index (χ4n) is 5.30. The van der Waals surface area contributed by atoms with E-state index in [1.807, 2.05) is 0 Å². The van der Waals surface area contributed by atoms with Crippen LogP contribution in [-0.2, 0) is 13.6 Å². The van der Waals surface area contributed by atoms with E-state index in [-0.39, 0.29) is 5.54 Å². The van der Waals surface area contributed by atoms with Crippen molar-refractivity contribution in [2.45, 2.75) is 83.6 Å². The van der Waals surface area contributed by atoms with Crippen LogP contribution >= 0.6 is 7.75 Å². The Morgan fingerprint density at radius 2 is 1.35 bits per heavy atom. The fourth-order valence-corrected chi connectivity index (χ4v) is 7.10. The van der Waals surface area contributed by atoms with Gasteiger partial charge in [-0.05, 0) is 69.1 Å². The summed E-state index contributed by atoms with van der Waals surface area (Å²) in [6.07, 6.45) is 11.6. The van der Waals surface area contributed by atoms with Crippen molar-refractivity contribution in [3.63, 3.8) is 0 Å². The van der Waals surface area contributed by atoms with Crippen molar-refractivity contribution in [2.75, 3.05) is 13.2 Å². The molecule has 0 radical (unpaired) electrons. The number of nitrogens with one attached hydrogen (secondary N) is 1. The Labute approximate surface area is 141 Å². The van der Waals surface area contributed by atoms with Crippen LogP contribution in [-0.4, -0.2) is 18.8 Å². The van der Waals surface area contributed by atoms with Gasteiger partial charge in [-0.25, -0.2) is 9.65 Å². The van der Waals surface area contributed by atoms with Gasteiger partial charge < -0.3 is 0 Å². The van der Waals surface area contributed by atoms with Crippen LogP contribution in [0.25, 0.3) is 0 Å². The van der Waals surface area contributed by atoms with Crippen LogP contribution in [0.5, 0.6) is 0 Å². The SMILES string of the molecule is CCCCOP(=O)(NC12CC3CC(CC(C3)C1)C2)OCCCC. The third-order valence-electron chi connectivity index (χ3n) is 5.93. The molecular weight excluding hydrogens is 309 g/mol. The molecule has 0 aromatic rings. The highest BCUT2D eigenvalue weighted by Crippen LogP contribution is 2.59. The van der Waals surface area contributed by atoms with Crippen LogP contribution in [0.1, 0.15) is 78.1 Å². The first-order valence-corrected chi connectivity index (χ1v) is 11.3. The zero-order valence-electron chi connectivity index (χ0n) is 14.9. The van der Waals surface area contributed by atoms with Gasteiger partial charge in [0.05, 0.1) is 13.2 Å². The third-order valence-corrected chi connectivity index (χ3v) is 7.72. The lowest BCUT2D eigenvalue weighted by Crippen LogP contribution is -2.57. The van der Waals surface area contributed by atoms with Crippen LogP contribution < -0.4 is 5.09 Å². The number of unbranched alkanes of at least 4 members (excludes halogenated alkanes) is 2. The van der Waals surface area contributed by atoms with E-state index in [0.717, 1.165) is 62.7 Å². The number of hydrogen-bond donors (Lipinski definition) is 1. The first kappa shape index (κ1) is 17.9. The van der Waals surface area contributed by atoms with Crippen molar-refractivity contribution < 1.29 is 13.6 Å². The van der Waals surface area contributed by atoms with E-state index in [0.29, 0.717) is 13.2 Å². The van der Waals surface area contributed by atoms with Crippen molar-refractivity contribution in [1.82, 2.24) is 5.09 Å². The number of hydrogen-bond acceptors (Lipinski definition) is 3. The Kier molecular flexibility index (Phi) is 5.89. The summed E-state index contributed by atoms with van der Waals surface area (Å²) in [5, 5.41) is 3.47. The predicted octanol–water partition coefficient (Wildman–Crippen LogP) is 5.29. The molecule has 4 aliphatic rings. The molecule has 0 unspecified atom stereocenters. The molecule has 0 amide bonds. The molecule has 1 N–H and O–H groups in total. The van der Waals surface area contributed by atoms with E-state index in [4.69, 9.17) is 9.05 Å². The molecule has 5 heteroatoms. The summed E-state index contributed by atoms with van der Waals surface area (Å²) in [5.74, 6) is 2.48. The summed E-state index contributed by atoms with van der Waals surface area (Å²) in [6, 6.07) is 0. The summed E-state index contributed by atoms with van der Waals surface area (Å²) >= 11 is 0. The average molecular weight is 343 g/mol. The van der Waals surface area contributed by atoms with Crippen molar-refractivity contribution >= 4 is 7.75 Å². The van der Waals surface area contributed by atoms with Crippen LogP contribution in [0, 0.1) is 17.8 Å². The van der Waals surface area contributed by atoms with Gasteiger partial charge in [-0.3, -0.25) is 9.05 Å². The van der Waals surface area contributed by atoms with Crippen molar-refractivity contribution in [2.24, 2.45) is 17.8 Å². The number of rotatable bonds is 10. The van der Waals surface area contributed by atoms with Crippen LogP contribution in [0.4, 0.5) is 0 Å². The van der Waals surface area contributed by atoms with Crippen molar-refractivity contribution in [3.05, 3.63) is 0 Å². The van der Waals surface area contributed by atoms with Gasteiger partial charge in [0.2, 0.25) is 0 Å². The largest absolute Gasteiger partial charge is 0.405 e. The van der Waals surface area contributed by atoms with Gasteiger partial charge in [-0.15, -0.1) is 0 Å². The molecule has 0 aromatic heterocycles. The highest BCUT2D eigenvalue weighted by molar-refractivity contribution is 7.51. The molecule has 4 aliphatic carbocycles. The Morgan fingerprint density at radius 1 is 0.913 bits per heavy atom. The normalized spacial score (nSPS) is 35.8. The minimum absolute atomic E-state index is 0.0166. The lowest BCUT2D eigenvalue weighted by Gasteiger charge is -2.57. The standard InChI is InChI=1S/C18H34NO3P/c1-3-5-7-21-23(20,22-8-6-4-2)19-18-12-15-9-16(13-18)11-17(10-15)14-18/h15-17H,3-14H2,1-2H3,(H,19,20). The van der Waals surface area contributed by atoms with E-state index in [1.54, 1.807) is 0 Å². The van der Waals surface area contributed by atoms with Crippen molar-refractivity contribution in [3.8, 4) is 0 Å². The van der Waals surface area contributed by atoms with Gasteiger partial charge in [0.25, 0.3) is 0 Å². The molecule has 0 heterocycles. The minimum atomic E-state index is -3.18. The molecule has 23 heavy (non-hydrogen) atoms. The molecule has 4 nitrogen and oxygen atoms in total. The molecular formula is C18H34NO3P. The van der Waals surface area contributed by atoms with E-state index in [1.165, 1.54) is 19.3 Å². The molecule has 0 spiro atoms. The highest BCUT2D eigenvalue weighted by Gasteiger charge is 2.53. The summed E-state index contributed by atoms with van der Waals surface area (Å²) in [7, 11) is -3.18. The average Bonchev–Trinajstić information content (AvgIpc) is 2.45. The summed E-state index contributed by atoms with van der Waals surface area (Å²) in [5.41, 5.74) is 0.0166. The lowest BCUT2D eigenvalue weighted by atomic mass is 9.53.